The lowest BCUT2D eigenvalue weighted by Gasteiger charge is -2.15. The fraction of sp³-hybridized carbons (Fsp3) is 0.875. The molecule has 0 saturated heterocycles. The van der Waals surface area contributed by atoms with Crippen LogP contribution < -0.4 is 0 Å². The Morgan fingerprint density at radius 1 is 1.40 bits per heavy atom. The van der Waals surface area contributed by atoms with Crippen LogP contribution in [0.3, 0.4) is 0 Å². The minimum atomic E-state index is -0.976. The Balaban J connectivity index is 2.30. The zero-order chi connectivity index (χ0) is 7.45. The van der Waals surface area contributed by atoms with Crippen molar-refractivity contribution in [3.05, 3.63) is 0 Å². The summed E-state index contributed by atoms with van der Waals surface area (Å²) in [5.41, 5.74) is -0.976. The molecule has 1 rings (SSSR count). The largest absolute Gasteiger partial charge is 0.244 e. The molecule has 0 heterocycles. The van der Waals surface area contributed by atoms with Gasteiger partial charge in [0.15, 0.2) is 0 Å². The van der Waals surface area contributed by atoms with Crippen molar-refractivity contribution in [3.8, 4) is 6.07 Å². The van der Waals surface area contributed by atoms with Gasteiger partial charge in [0.1, 0.15) is 5.67 Å². The van der Waals surface area contributed by atoms with E-state index in [0.717, 1.165) is 12.8 Å². The normalized spacial score (nSPS) is 22.4. The monoisotopic (exact) mass is 141 g/mol. The molecular formula is C8H12FN. The van der Waals surface area contributed by atoms with Crippen molar-refractivity contribution >= 4 is 0 Å². The predicted octanol–water partition coefficient (Wildman–Crippen LogP) is 2.57. The molecule has 1 aliphatic carbocycles. The van der Waals surface area contributed by atoms with Crippen LogP contribution in [0, 0.1) is 11.3 Å². The van der Waals surface area contributed by atoms with Gasteiger partial charge in [-0.25, -0.2) is 4.39 Å². The van der Waals surface area contributed by atoms with Crippen LogP contribution in [0.2, 0.25) is 0 Å². The highest BCUT2D eigenvalue weighted by molar-refractivity contribution is 4.87. The molecule has 1 saturated carbocycles. The quantitative estimate of drug-likeness (QED) is 0.579. The lowest BCUT2D eigenvalue weighted by Crippen LogP contribution is -2.16. The van der Waals surface area contributed by atoms with Crippen LogP contribution in [-0.4, -0.2) is 5.67 Å². The minimum absolute atomic E-state index is 0.372. The summed E-state index contributed by atoms with van der Waals surface area (Å²) in [6.07, 6.45) is 4.17. The highest BCUT2D eigenvalue weighted by Crippen LogP contribution is 2.36. The Hall–Kier alpha value is -0.580. The van der Waals surface area contributed by atoms with Crippen LogP contribution in [0.25, 0.3) is 0 Å². The van der Waals surface area contributed by atoms with E-state index in [-0.39, 0.29) is 0 Å². The maximum atomic E-state index is 13.3. The minimum Gasteiger partial charge on any atom is -0.244 e. The SMILES string of the molecule is N#CCCC1(F)CCCC1. The van der Waals surface area contributed by atoms with E-state index in [1.165, 1.54) is 0 Å². The molecule has 56 valence electrons. The lowest BCUT2D eigenvalue weighted by atomic mass is 9.99. The van der Waals surface area contributed by atoms with Crippen LogP contribution in [0.5, 0.6) is 0 Å². The number of nitriles is 1. The molecule has 1 nitrogen and oxygen atoms in total. The van der Waals surface area contributed by atoms with Gasteiger partial charge in [0, 0.05) is 6.42 Å². The molecule has 0 aromatic heterocycles. The van der Waals surface area contributed by atoms with E-state index >= 15 is 0 Å². The van der Waals surface area contributed by atoms with Gasteiger partial charge in [0.25, 0.3) is 0 Å². The second-order valence-electron chi connectivity index (χ2n) is 3.02. The third-order valence-corrected chi connectivity index (χ3v) is 2.18. The summed E-state index contributed by atoms with van der Waals surface area (Å²) in [5, 5.41) is 8.22. The molecule has 0 aromatic carbocycles. The van der Waals surface area contributed by atoms with E-state index in [1.807, 2.05) is 6.07 Å². The van der Waals surface area contributed by atoms with Gasteiger partial charge < -0.3 is 0 Å². The molecule has 0 aromatic rings. The fourth-order valence-corrected chi connectivity index (χ4v) is 1.54. The molecular weight excluding hydrogens is 129 g/mol. The molecule has 0 atom stereocenters. The van der Waals surface area contributed by atoms with Gasteiger partial charge in [-0.05, 0) is 19.3 Å². The average molecular weight is 141 g/mol. The van der Waals surface area contributed by atoms with Crippen molar-refractivity contribution in [3.63, 3.8) is 0 Å². The summed E-state index contributed by atoms with van der Waals surface area (Å²) in [6.45, 7) is 0. The van der Waals surface area contributed by atoms with Crippen molar-refractivity contribution in [2.24, 2.45) is 0 Å². The maximum Gasteiger partial charge on any atom is 0.112 e. The molecule has 0 spiro atoms. The Kier molecular flexibility index (Phi) is 2.26. The molecule has 0 unspecified atom stereocenters. The van der Waals surface area contributed by atoms with Gasteiger partial charge in [-0.2, -0.15) is 5.26 Å². The molecule has 0 radical (unpaired) electrons. The molecule has 10 heavy (non-hydrogen) atoms. The molecule has 1 fully saturated rings. The zero-order valence-electron chi connectivity index (χ0n) is 6.07. The maximum absolute atomic E-state index is 13.3. The Bertz CT molecular complexity index is 142. The number of nitrogens with zero attached hydrogens (tertiary/aromatic N) is 1. The van der Waals surface area contributed by atoms with Crippen molar-refractivity contribution in [1.29, 1.82) is 5.26 Å². The van der Waals surface area contributed by atoms with Crippen molar-refractivity contribution in [2.75, 3.05) is 0 Å². The van der Waals surface area contributed by atoms with Crippen molar-refractivity contribution in [2.45, 2.75) is 44.2 Å². The Morgan fingerprint density at radius 2 is 2.00 bits per heavy atom. The van der Waals surface area contributed by atoms with Crippen LogP contribution in [0.15, 0.2) is 0 Å². The number of rotatable bonds is 2. The van der Waals surface area contributed by atoms with E-state index in [2.05, 4.69) is 0 Å². The molecule has 0 N–H and O–H groups in total. The second-order valence-corrected chi connectivity index (χ2v) is 3.02. The smallest absolute Gasteiger partial charge is 0.112 e. The first-order valence-electron chi connectivity index (χ1n) is 3.83. The van der Waals surface area contributed by atoms with Crippen LogP contribution in [0.4, 0.5) is 4.39 Å². The fourth-order valence-electron chi connectivity index (χ4n) is 1.54. The lowest BCUT2D eigenvalue weighted by molar-refractivity contribution is 0.161. The van der Waals surface area contributed by atoms with E-state index in [0.29, 0.717) is 25.7 Å². The van der Waals surface area contributed by atoms with Crippen LogP contribution in [0.1, 0.15) is 38.5 Å². The summed E-state index contributed by atoms with van der Waals surface area (Å²) < 4.78 is 13.3. The molecule has 0 amide bonds. The highest BCUT2D eigenvalue weighted by atomic mass is 19.1. The van der Waals surface area contributed by atoms with Gasteiger partial charge in [0.2, 0.25) is 0 Å². The number of hydrogen-bond acceptors (Lipinski definition) is 1. The van der Waals surface area contributed by atoms with Crippen molar-refractivity contribution in [1.82, 2.24) is 0 Å². The summed E-state index contributed by atoms with van der Waals surface area (Å²) >= 11 is 0. The van der Waals surface area contributed by atoms with Crippen LogP contribution >= 0.6 is 0 Å². The van der Waals surface area contributed by atoms with E-state index in [1.54, 1.807) is 0 Å². The predicted molar refractivity (Wildman–Crippen MR) is 37.2 cm³/mol. The number of halogens is 1. The first kappa shape index (κ1) is 7.53. The Morgan fingerprint density at radius 3 is 2.50 bits per heavy atom. The van der Waals surface area contributed by atoms with Gasteiger partial charge in [-0.15, -0.1) is 0 Å². The first-order chi connectivity index (χ1) is 4.77. The van der Waals surface area contributed by atoms with Gasteiger partial charge in [-0.3, -0.25) is 0 Å². The second kappa shape index (κ2) is 3.01. The standard InChI is InChI=1S/C8H12FN/c9-8(6-3-7-10)4-1-2-5-8/h1-6H2. The molecule has 0 bridgehead atoms. The third-order valence-electron chi connectivity index (χ3n) is 2.18. The van der Waals surface area contributed by atoms with E-state index in [4.69, 9.17) is 5.26 Å². The van der Waals surface area contributed by atoms with Gasteiger partial charge in [-0.1, -0.05) is 12.8 Å². The third kappa shape index (κ3) is 1.70. The summed E-state index contributed by atoms with van der Waals surface area (Å²) in [7, 11) is 0. The average Bonchev–Trinajstić information content (AvgIpc) is 2.33. The summed E-state index contributed by atoms with van der Waals surface area (Å²) in [6, 6.07) is 1.98. The first-order valence-corrected chi connectivity index (χ1v) is 3.83. The van der Waals surface area contributed by atoms with Crippen molar-refractivity contribution < 1.29 is 4.39 Å². The molecule has 2 heteroatoms. The molecule has 1 aliphatic rings. The van der Waals surface area contributed by atoms with Crippen LogP contribution in [-0.2, 0) is 0 Å². The van der Waals surface area contributed by atoms with E-state index in [9.17, 15) is 4.39 Å². The topological polar surface area (TPSA) is 23.8 Å². The number of hydrogen-bond donors (Lipinski definition) is 0. The van der Waals surface area contributed by atoms with Gasteiger partial charge in [0.05, 0.1) is 6.07 Å². The molecule has 0 aliphatic heterocycles. The summed E-state index contributed by atoms with van der Waals surface area (Å²) in [5.74, 6) is 0. The zero-order valence-corrected chi connectivity index (χ0v) is 6.07. The van der Waals surface area contributed by atoms with Gasteiger partial charge >= 0.3 is 0 Å². The highest BCUT2D eigenvalue weighted by Gasteiger charge is 2.32. The Labute approximate surface area is 60.8 Å². The summed E-state index contributed by atoms with van der Waals surface area (Å²) in [4.78, 5) is 0. The number of alkyl halides is 1. The van der Waals surface area contributed by atoms with E-state index < -0.39 is 5.67 Å².